The van der Waals surface area contributed by atoms with E-state index in [1.54, 1.807) is 0 Å². The summed E-state index contributed by atoms with van der Waals surface area (Å²) in [5.74, 6) is 1.70. The quantitative estimate of drug-likeness (QED) is 0.889. The molecule has 1 saturated heterocycles. The molecule has 1 aromatic rings. The van der Waals surface area contributed by atoms with E-state index >= 15 is 0 Å². The number of carbonyl (C=O) groups is 1. The lowest BCUT2D eigenvalue weighted by molar-refractivity contribution is -0.135. The Balaban J connectivity index is 1.46. The fraction of sp³-hybridized carbons (Fsp3) is 0.714. The van der Waals surface area contributed by atoms with Crippen molar-refractivity contribution in [2.75, 3.05) is 13.2 Å². The highest BCUT2D eigenvalue weighted by atomic mass is 16.5. The second-order valence-corrected chi connectivity index (χ2v) is 5.50. The summed E-state index contributed by atoms with van der Waals surface area (Å²) in [5, 5.41) is 3.04. The monoisotopic (exact) mass is 263 g/mol. The van der Waals surface area contributed by atoms with E-state index in [0.717, 1.165) is 57.6 Å². The van der Waals surface area contributed by atoms with Crippen LogP contribution < -0.4 is 5.32 Å². The van der Waals surface area contributed by atoms with E-state index in [1.165, 1.54) is 0 Å². The van der Waals surface area contributed by atoms with Gasteiger partial charge in [-0.25, -0.2) is 4.98 Å². The summed E-state index contributed by atoms with van der Waals surface area (Å²) in [7, 11) is 0. The minimum atomic E-state index is -0.223. The molecule has 1 aromatic heterocycles. The van der Waals surface area contributed by atoms with Crippen LogP contribution in [0.1, 0.15) is 31.5 Å². The van der Waals surface area contributed by atoms with Crippen molar-refractivity contribution >= 4 is 5.91 Å². The number of imidazole rings is 1. The minimum Gasteiger partial charge on any atom is -0.368 e. The number of carbonyl (C=O) groups excluding carboxylic acids is 1. The topological polar surface area (TPSA) is 56.2 Å². The zero-order valence-corrected chi connectivity index (χ0v) is 11.2. The van der Waals surface area contributed by atoms with E-state index in [1.807, 2.05) is 12.4 Å². The molecule has 104 valence electrons. The Bertz CT molecular complexity index is 438. The molecule has 2 atom stereocenters. The molecule has 19 heavy (non-hydrogen) atoms. The Kier molecular flexibility index (Phi) is 3.82. The molecule has 1 amide bonds. The third kappa shape index (κ3) is 2.97. The Morgan fingerprint density at radius 2 is 2.42 bits per heavy atom. The molecule has 1 fully saturated rings. The van der Waals surface area contributed by atoms with Crippen LogP contribution in [0.15, 0.2) is 12.4 Å². The molecule has 3 heterocycles. The first-order chi connectivity index (χ1) is 9.33. The van der Waals surface area contributed by atoms with E-state index in [4.69, 9.17) is 4.74 Å². The van der Waals surface area contributed by atoms with E-state index in [2.05, 4.69) is 14.9 Å². The molecule has 2 unspecified atom stereocenters. The van der Waals surface area contributed by atoms with Gasteiger partial charge in [0.2, 0.25) is 5.91 Å². The van der Waals surface area contributed by atoms with E-state index in [-0.39, 0.29) is 12.0 Å². The second-order valence-electron chi connectivity index (χ2n) is 5.50. The molecule has 0 aromatic carbocycles. The molecule has 0 bridgehead atoms. The molecule has 5 heteroatoms. The maximum atomic E-state index is 12.0. The van der Waals surface area contributed by atoms with Crippen LogP contribution in [0.4, 0.5) is 0 Å². The number of hydrogen-bond acceptors (Lipinski definition) is 3. The van der Waals surface area contributed by atoms with Crippen LogP contribution in [0.5, 0.6) is 0 Å². The largest absolute Gasteiger partial charge is 0.368 e. The molecule has 0 radical (unpaired) electrons. The molecule has 1 N–H and O–H groups in total. The summed E-state index contributed by atoms with van der Waals surface area (Å²) in [6.07, 6.45) is 8.76. The van der Waals surface area contributed by atoms with Gasteiger partial charge in [-0.1, -0.05) is 0 Å². The Hall–Kier alpha value is -1.36. The van der Waals surface area contributed by atoms with Crippen LogP contribution in [0.25, 0.3) is 0 Å². The third-order valence-corrected chi connectivity index (χ3v) is 4.09. The van der Waals surface area contributed by atoms with Crippen molar-refractivity contribution in [1.82, 2.24) is 14.9 Å². The summed E-state index contributed by atoms with van der Waals surface area (Å²) in [6, 6.07) is 0. The van der Waals surface area contributed by atoms with Gasteiger partial charge in [0.05, 0.1) is 0 Å². The third-order valence-electron chi connectivity index (χ3n) is 4.09. The van der Waals surface area contributed by atoms with Gasteiger partial charge in [0, 0.05) is 38.5 Å². The van der Waals surface area contributed by atoms with Crippen LogP contribution in [0, 0.1) is 5.92 Å². The lowest BCUT2D eigenvalue weighted by Crippen LogP contribution is -2.41. The highest BCUT2D eigenvalue weighted by molar-refractivity contribution is 5.80. The van der Waals surface area contributed by atoms with Gasteiger partial charge in [-0.05, 0) is 31.6 Å². The molecule has 2 aliphatic rings. The van der Waals surface area contributed by atoms with Crippen molar-refractivity contribution in [3.63, 3.8) is 0 Å². The van der Waals surface area contributed by atoms with Crippen LogP contribution >= 0.6 is 0 Å². The molecular formula is C14H21N3O2. The van der Waals surface area contributed by atoms with Crippen molar-refractivity contribution in [3.8, 4) is 0 Å². The Morgan fingerprint density at radius 1 is 1.47 bits per heavy atom. The Labute approximate surface area is 113 Å². The van der Waals surface area contributed by atoms with Crippen molar-refractivity contribution in [3.05, 3.63) is 18.2 Å². The Morgan fingerprint density at radius 3 is 3.26 bits per heavy atom. The van der Waals surface area contributed by atoms with Crippen molar-refractivity contribution in [2.24, 2.45) is 5.92 Å². The van der Waals surface area contributed by atoms with E-state index in [0.29, 0.717) is 5.92 Å². The summed E-state index contributed by atoms with van der Waals surface area (Å²) < 4.78 is 7.69. The number of amides is 1. The maximum absolute atomic E-state index is 12.0. The highest BCUT2D eigenvalue weighted by Crippen LogP contribution is 2.18. The van der Waals surface area contributed by atoms with Crippen LogP contribution in [-0.4, -0.2) is 34.7 Å². The normalized spacial score (nSPS) is 26.7. The van der Waals surface area contributed by atoms with Gasteiger partial charge in [-0.2, -0.15) is 0 Å². The number of rotatable bonds is 3. The van der Waals surface area contributed by atoms with Crippen LogP contribution in [-0.2, 0) is 22.5 Å². The maximum Gasteiger partial charge on any atom is 0.249 e. The first-order valence-corrected chi connectivity index (χ1v) is 7.22. The van der Waals surface area contributed by atoms with Crippen molar-refractivity contribution in [2.45, 2.75) is 44.8 Å². The first-order valence-electron chi connectivity index (χ1n) is 7.22. The molecular weight excluding hydrogens is 242 g/mol. The number of ether oxygens (including phenoxy) is 1. The summed E-state index contributed by atoms with van der Waals surface area (Å²) >= 11 is 0. The average molecular weight is 263 g/mol. The van der Waals surface area contributed by atoms with E-state index < -0.39 is 0 Å². The zero-order chi connectivity index (χ0) is 13.1. The number of nitrogens with one attached hydrogen (secondary N) is 1. The van der Waals surface area contributed by atoms with Crippen LogP contribution in [0.3, 0.4) is 0 Å². The number of nitrogens with zero attached hydrogens (tertiary/aromatic N) is 2. The predicted molar refractivity (Wildman–Crippen MR) is 70.6 cm³/mol. The summed E-state index contributed by atoms with van der Waals surface area (Å²) in [6.45, 7) is 2.47. The zero-order valence-electron chi connectivity index (χ0n) is 11.2. The van der Waals surface area contributed by atoms with E-state index in [9.17, 15) is 4.79 Å². The number of hydrogen-bond donors (Lipinski definition) is 1. The molecule has 0 spiro atoms. The standard InChI is InChI=1S/C14H21N3O2/c18-14(12-3-1-2-8-19-12)16-10-11-4-6-17-7-5-15-13(17)9-11/h5,7,11-12H,1-4,6,8-10H2,(H,16,18). The van der Waals surface area contributed by atoms with Gasteiger partial charge in [0.25, 0.3) is 0 Å². The fourth-order valence-corrected chi connectivity index (χ4v) is 2.90. The molecule has 3 rings (SSSR count). The number of aromatic nitrogens is 2. The molecule has 5 nitrogen and oxygen atoms in total. The molecule has 2 aliphatic heterocycles. The van der Waals surface area contributed by atoms with Gasteiger partial charge >= 0.3 is 0 Å². The molecule has 0 aliphatic carbocycles. The summed E-state index contributed by atoms with van der Waals surface area (Å²) in [4.78, 5) is 16.3. The summed E-state index contributed by atoms with van der Waals surface area (Å²) in [5.41, 5.74) is 0. The predicted octanol–water partition coefficient (Wildman–Crippen LogP) is 1.13. The smallest absolute Gasteiger partial charge is 0.249 e. The van der Waals surface area contributed by atoms with Crippen molar-refractivity contribution < 1.29 is 9.53 Å². The first kappa shape index (κ1) is 12.7. The minimum absolute atomic E-state index is 0.0635. The fourth-order valence-electron chi connectivity index (χ4n) is 2.90. The molecule has 0 saturated carbocycles. The highest BCUT2D eigenvalue weighted by Gasteiger charge is 2.24. The average Bonchev–Trinajstić information content (AvgIpc) is 2.93. The number of aryl methyl sites for hydroxylation is 1. The van der Waals surface area contributed by atoms with Gasteiger partial charge in [0.15, 0.2) is 0 Å². The van der Waals surface area contributed by atoms with Gasteiger partial charge < -0.3 is 14.6 Å². The second kappa shape index (κ2) is 5.74. The SMILES string of the molecule is O=C(NCC1CCn2ccnc2C1)C1CCCCO1. The van der Waals surface area contributed by atoms with Crippen LogP contribution in [0.2, 0.25) is 0 Å². The van der Waals surface area contributed by atoms with Gasteiger partial charge in [0.1, 0.15) is 11.9 Å². The number of fused-ring (bicyclic) bond motifs is 1. The van der Waals surface area contributed by atoms with Crippen molar-refractivity contribution in [1.29, 1.82) is 0 Å². The lowest BCUT2D eigenvalue weighted by Gasteiger charge is -2.26. The van der Waals surface area contributed by atoms with Gasteiger partial charge in [-0.15, -0.1) is 0 Å². The van der Waals surface area contributed by atoms with Gasteiger partial charge in [-0.3, -0.25) is 4.79 Å². The lowest BCUT2D eigenvalue weighted by atomic mass is 9.97.